The van der Waals surface area contributed by atoms with Crippen molar-refractivity contribution in [2.45, 2.75) is 25.8 Å². The van der Waals surface area contributed by atoms with Crippen LogP contribution in [-0.4, -0.2) is 41.2 Å². The lowest BCUT2D eigenvalue weighted by molar-refractivity contribution is -0.142. The van der Waals surface area contributed by atoms with Gasteiger partial charge in [0.05, 0.1) is 17.8 Å². The SMILES string of the molecule is Cc1ncc(C(=O)NC(C(=O)O)C2CCCOC2)s1. The number of amides is 1. The third kappa shape index (κ3) is 3.51. The Kier molecular flexibility index (Phi) is 4.49. The molecule has 0 aliphatic carbocycles. The highest BCUT2D eigenvalue weighted by molar-refractivity contribution is 7.13. The Hall–Kier alpha value is -1.47. The molecule has 2 heterocycles. The summed E-state index contributed by atoms with van der Waals surface area (Å²) in [6.45, 7) is 2.83. The van der Waals surface area contributed by atoms with E-state index in [1.54, 1.807) is 6.92 Å². The van der Waals surface area contributed by atoms with E-state index in [1.807, 2.05) is 0 Å². The molecule has 0 aromatic carbocycles. The van der Waals surface area contributed by atoms with E-state index < -0.39 is 12.0 Å². The van der Waals surface area contributed by atoms with Gasteiger partial charge >= 0.3 is 5.97 Å². The first-order chi connectivity index (χ1) is 9.08. The van der Waals surface area contributed by atoms with Gasteiger partial charge in [0.2, 0.25) is 0 Å². The van der Waals surface area contributed by atoms with Crippen LogP contribution in [0.15, 0.2) is 6.20 Å². The molecule has 0 radical (unpaired) electrons. The van der Waals surface area contributed by atoms with Gasteiger partial charge < -0.3 is 15.2 Å². The number of aromatic nitrogens is 1. The zero-order valence-corrected chi connectivity index (χ0v) is 11.4. The number of ether oxygens (including phenoxy) is 1. The standard InChI is InChI=1S/C12H16N2O4S/c1-7-13-5-9(19-7)11(15)14-10(12(16)17)8-3-2-4-18-6-8/h5,8,10H,2-4,6H2,1H3,(H,14,15)(H,16,17). The van der Waals surface area contributed by atoms with Crippen molar-refractivity contribution in [2.75, 3.05) is 13.2 Å². The van der Waals surface area contributed by atoms with E-state index in [-0.39, 0.29) is 11.8 Å². The van der Waals surface area contributed by atoms with E-state index in [0.717, 1.165) is 17.8 Å². The van der Waals surface area contributed by atoms with Crippen LogP contribution in [0.4, 0.5) is 0 Å². The largest absolute Gasteiger partial charge is 0.480 e. The second-order valence-electron chi connectivity index (χ2n) is 4.51. The number of hydrogen-bond donors (Lipinski definition) is 2. The minimum Gasteiger partial charge on any atom is -0.480 e. The van der Waals surface area contributed by atoms with Crippen LogP contribution in [0.5, 0.6) is 0 Å². The molecule has 104 valence electrons. The number of thiazole rings is 1. The van der Waals surface area contributed by atoms with E-state index in [0.29, 0.717) is 18.1 Å². The lowest BCUT2D eigenvalue weighted by Gasteiger charge is -2.27. The van der Waals surface area contributed by atoms with Crippen molar-refractivity contribution in [3.63, 3.8) is 0 Å². The van der Waals surface area contributed by atoms with Crippen molar-refractivity contribution in [1.29, 1.82) is 0 Å². The highest BCUT2D eigenvalue weighted by atomic mass is 32.1. The quantitative estimate of drug-likeness (QED) is 0.863. The van der Waals surface area contributed by atoms with Gasteiger partial charge in [-0.25, -0.2) is 9.78 Å². The topological polar surface area (TPSA) is 88.5 Å². The van der Waals surface area contributed by atoms with Gasteiger partial charge in [-0.15, -0.1) is 11.3 Å². The molecule has 1 aromatic rings. The maximum absolute atomic E-state index is 12.0. The van der Waals surface area contributed by atoms with E-state index >= 15 is 0 Å². The number of aliphatic carboxylic acids is 1. The number of nitrogens with one attached hydrogen (secondary N) is 1. The van der Waals surface area contributed by atoms with Gasteiger partial charge in [0.1, 0.15) is 10.9 Å². The molecule has 1 aromatic heterocycles. The number of nitrogens with zero attached hydrogens (tertiary/aromatic N) is 1. The molecule has 2 N–H and O–H groups in total. The van der Waals surface area contributed by atoms with Gasteiger partial charge in [-0.05, 0) is 19.8 Å². The maximum atomic E-state index is 12.0. The predicted molar refractivity (Wildman–Crippen MR) is 69.3 cm³/mol. The fourth-order valence-corrected chi connectivity index (χ4v) is 2.77. The number of carbonyl (C=O) groups excluding carboxylic acids is 1. The lowest BCUT2D eigenvalue weighted by atomic mass is 9.93. The smallest absolute Gasteiger partial charge is 0.326 e. The van der Waals surface area contributed by atoms with E-state index in [2.05, 4.69) is 10.3 Å². The molecule has 19 heavy (non-hydrogen) atoms. The Labute approximate surface area is 114 Å². The summed E-state index contributed by atoms with van der Waals surface area (Å²) in [5.41, 5.74) is 0. The van der Waals surface area contributed by atoms with Gasteiger partial charge in [-0.3, -0.25) is 4.79 Å². The molecular weight excluding hydrogens is 268 g/mol. The van der Waals surface area contributed by atoms with Crippen molar-refractivity contribution in [3.05, 3.63) is 16.1 Å². The van der Waals surface area contributed by atoms with Crippen molar-refractivity contribution in [3.8, 4) is 0 Å². The summed E-state index contributed by atoms with van der Waals surface area (Å²) in [5.74, 6) is -1.59. The van der Waals surface area contributed by atoms with Gasteiger partial charge in [-0.1, -0.05) is 0 Å². The van der Waals surface area contributed by atoms with Crippen LogP contribution in [-0.2, 0) is 9.53 Å². The highest BCUT2D eigenvalue weighted by Gasteiger charge is 2.31. The summed E-state index contributed by atoms with van der Waals surface area (Å²) in [7, 11) is 0. The molecule has 1 aliphatic rings. The van der Waals surface area contributed by atoms with Crippen LogP contribution in [0.1, 0.15) is 27.5 Å². The Morgan fingerprint density at radius 3 is 2.95 bits per heavy atom. The van der Waals surface area contributed by atoms with Crippen molar-refractivity contribution in [1.82, 2.24) is 10.3 Å². The van der Waals surface area contributed by atoms with Crippen molar-refractivity contribution < 1.29 is 19.4 Å². The maximum Gasteiger partial charge on any atom is 0.326 e. The molecule has 2 rings (SSSR count). The van der Waals surface area contributed by atoms with Crippen LogP contribution in [0.3, 0.4) is 0 Å². The first-order valence-corrected chi connectivity index (χ1v) is 6.93. The number of carboxylic acids is 1. The highest BCUT2D eigenvalue weighted by Crippen LogP contribution is 2.19. The normalized spacial score (nSPS) is 20.8. The van der Waals surface area contributed by atoms with Crippen LogP contribution >= 0.6 is 11.3 Å². The summed E-state index contributed by atoms with van der Waals surface area (Å²) < 4.78 is 5.28. The van der Waals surface area contributed by atoms with E-state index in [1.165, 1.54) is 17.5 Å². The zero-order valence-electron chi connectivity index (χ0n) is 10.6. The molecule has 1 amide bonds. The van der Waals surface area contributed by atoms with Gasteiger partial charge in [0.15, 0.2) is 0 Å². The minimum absolute atomic E-state index is 0.177. The molecule has 2 unspecified atom stereocenters. The molecular formula is C12H16N2O4S. The molecule has 1 fully saturated rings. The summed E-state index contributed by atoms with van der Waals surface area (Å²) in [6, 6.07) is -0.907. The summed E-state index contributed by atoms with van der Waals surface area (Å²) >= 11 is 1.25. The van der Waals surface area contributed by atoms with Crippen LogP contribution in [0, 0.1) is 12.8 Å². The first-order valence-electron chi connectivity index (χ1n) is 6.12. The van der Waals surface area contributed by atoms with Crippen LogP contribution in [0.25, 0.3) is 0 Å². The number of carbonyl (C=O) groups is 2. The van der Waals surface area contributed by atoms with E-state index in [9.17, 15) is 14.7 Å². The third-order valence-electron chi connectivity index (χ3n) is 3.06. The molecule has 0 bridgehead atoms. The van der Waals surface area contributed by atoms with Crippen LogP contribution < -0.4 is 5.32 Å². The fraction of sp³-hybridized carbons (Fsp3) is 0.583. The number of aryl methyl sites for hydroxylation is 1. The van der Waals surface area contributed by atoms with Gasteiger partial charge in [0, 0.05) is 12.5 Å². The second-order valence-corrected chi connectivity index (χ2v) is 5.74. The van der Waals surface area contributed by atoms with Gasteiger partial charge in [-0.2, -0.15) is 0 Å². The number of rotatable bonds is 4. The summed E-state index contributed by atoms with van der Waals surface area (Å²) in [6.07, 6.45) is 3.04. The molecule has 0 saturated carbocycles. The molecule has 0 spiro atoms. The fourth-order valence-electron chi connectivity index (χ4n) is 2.09. The summed E-state index contributed by atoms with van der Waals surface area (Å²) in [5, 5.41) is 12.6. The Bertz CT molecular complexity index is 468. The zero-order chi connectivity index (χ0) is 13.8. The molecule has 6 nitrogen and oxygen atoms in total. The van der Waals surface area contributed by atoms with Crippen molar-refractivity contribution >= 4 is 23.2 Å². The minimum atomic E-state index is -1.02. The first kappa shape index (κ1) is 14.0. The molecule has 1 saturated heterocycles. The lowest BCUT2D eigenvalue weighted by Crippen LogP contribution is -2.48. The van der Waals surface area contributed by atoms with Gasteiger partial charge in [0.25, 0.3) is 5.91 Å². The average molecular weight is 284 g/mol. The summed E-state index contributed by atoms with van der Waals surface area (Å²) in [4.78, 5) is 27.7. The number of carboxylic acid groups (broad SMARTS) is 1. The number of hydrogen-bond acceptors (Lipinski definition) is 5. The Morgan fingerprint density at radius 1 is 1.63 bits per heavy atom. The second kappa shape index (κ2) is 6.12. The molecule has 7 heteroatoms. The third-order valence-corrected chi connectivity index (χ3v) is 3.98. The van der Waals surface area contributed by atoms with Crippen molar-refractivity contribution in [2.24, 2.45) is 5.92 Å². The van der Waals surface area contributed by atoms with Crippen LogP contribution in [0.2, 0.25) is 0 Å². The molecule has 2 atom stereocenters. The Morgan fingerprint density at radius 2 is 2.42 bits per heavy atom. The average Bonchev–Trinajstić information content (AvgIpc) is 2.83. The Balaban J connectivity index is 2.04. The molecule has 1 aliphatic heterocycles. The monoisotopic (exact) mass is 284 g/mol. The van der Waals surface area contributed by atoms with E-state index in [4.69, 9.17) is 4.74 Å². The predicted octanol–water partition coefficient (Wildman–Crippen LogP) is 1.06.